The Labute approximate surface area is 103 Å². The quantitative estimate of drug-likeness (QED) is 0.775. The molecule has 17 heavy (non-hydrogen) atoms. The van der Waals surface area contributed by atoms with Crippen molar-refractivity contribution in [3.8, 4) is 0 Å². The zero-order valence-corrected chi connectivity index (χ0v) is 10.7. The molecule has 1 aromatic carbocycles. The van der Waals surface area contributed by atoms with Crippen molar-refractivity contribution in [3.63, 3.8) is 0 Å². The van der Waals surface area contributed by atoms with Crippen molar-refractivity contribution in [1.82, 2.24) is 14.9 Å². The third-order valence-corrected chi connectivity index (χ3v) is 3.01. The van der Waals surface area contributed by atoms with E-state index in [1.54, 1.807) is 0 Å². The van der Waals surface area contributed by atoms with Gasteiger partial charge in [0.15, 0.2) is 0 Å². The van der Waals surface area contributed by atoms with Crippen LogP contribution in [0.2, 0.25) is 0 Å². The van der Waals surface area contributed by atoms with E-state index in [4.69, 9.17) is 0 Å². The molecule has 2 rings (SSSR count). The summed E-state index contributed by atoms with van der Waals surface area (Å²) < 4.78 is 2.31. The molecule has 3 nitrogen and oxygen atoms in total. The minimum absolute atomic E-state index is 1.04. The van der Waals surface area contributed by atoms with Crippen molar-refractivity contribution in [1.29, 1.82) is 0 Å². The van der Waals surface area contributed by atoms with E-state index in [1.165, 1.54) is 11.9 Å². The van der Waals surface area contributed by atoms with E-state index in [0.717, 1.165) is 37.4 Å². The first-order valence-corrected chi connectivity index (χ1v) is 6.45. The molecule has 0 fully saturated rings. The van der Waals surface area contributed by atoms with Gasteiger partial charge in [-0.05, 0) is 45.0 Å². The Morgan fingerprint density at radius 3 is 2.88 bits per heavy atom. The van der Waals surface area contributed by atoms with Gasteiger partial charge >= 0.3 is 0 Å². The van der Waals surface area contributed by atoms with Crippen LogP contribution in [-0.2, 0) is 6.54 Å². The van der Waals surface area contributed by atoms with Gasteiger partial charge in [-0.1, -0.05) is 19.1 Å². The standard InChI is InChI=1S/C14H21N3/c1-3-9-15-10-6-11-17-12(2)16-13-7-4-5-8-14(13)17/h4-5,7-8,15H,3,6,9-11H2,1-2H3. The van der Waals surface area contributed by atoms with E-state index in [9.17, 15) is 0 Å². The highest BCUT2D eigenvalue weighted by Gasteiger charge is 2.05. The molecule has 0 aliphatic carbocycles. The van der Waals surface area contributed by atoms with Crippen molar-refractivity contribution in [2.24, 2.45) is 0 Å². The second-order valence-corrected chi connectivity index (χ2v) is 4.40. The number of hydrogen-bond acceptors (Lipinski definition) is 2. The summed E-state index contributed by atoms with van der Waals surface area (Å²) in [5, 5.41) is 3.43. The van der Waals surface area contributed by atoms with Gasteiger partial charge in [0, 0.05) is 6.54 Å². The van der Waals surface area contributed by atoms with Crippen LogP contribution in [-0.4, -0.2) is 22.6 Å². The lowest BCUT2D eigenvalue weighted by molar-refractivity contribution is 0.578. The smallest absolute Gasteiger partial charge is 0.106 e. The molecule has 0 saturated carbocycles. The lowest BCUT2D eigenvalue weighted by Crippen LogP contribution is -2.17. The van der Waals surface area contributed by atoms with Gasteiger partial charge in [0.2, 0.25) is 0 Å². The fourth-order valence-electron chi connectivity index (χ4n) is 2.14. The van der Waals surface area contributed by atoms with Crippen LogP contribution in [0.4, 0.5) is 0 Å². The van der Waals surface area contributed by atoms with Gasteiger partial charge in [0.05, 0.1) is 11.0 Å². The van der Waals surface area contributed by atoms with E-state index < -0.39 is 0 Å². The van der Waals surface area contributed by atoms with Crippen molar-refractivity contribution in [2.75, 3.05) is 13.1 Å². The maximum atomic E-state index is 4.57. The molecule has 0 bridgehead atoms. The van der Waals surface area contributed by atoms with Crippen LogP contribution in [0.15, 0.2) is 24.3 Å². The second kappa shape index (κ2) is 5.82. The van der Waals surface area contributed by atoms with Gasteiger partial charge in [-0.2, -0.15) is 0 Å². The number of nitrogens with zero attached hydrogens (tertiary/aromatic N) is 2. The highest BCUT2D eigenvalue weighted by Crippen LogP contribution is 2.15. The average molecular weight is 231 g/mol. The predicted molar refractivity (Wildman–Crippen MR) is 72.2 cm³/mol. The Balaban J connectivity index is 2.00. The Bertz CT molecular complexity index is 473. The Hall–Kier alpha value is -1.35. The van der Waals surface area contributed by atoms with E-state index in [-0.39, 0.29) is 0 Å². The summed E-state index contributed by atoms with van der Waals surface area (Å²) in [7, 11) is 0. The minimum atomic E-state index is 1.04. The van der Waals surface area contributed by atoms with Gasteiger partial charge < -0.3 is 9.88 Å². The van der Waals surface area contributed by atoms with Crippen LogP contribution in [0.1, 0.15) is 25.6 Å². The zero-order chi connectivity index (χ0) is 12.1. The molecule has 3 heteroatoms. The molecule has 1 N–H and O–H groups in total. The lowest BCUT2D eigenvalue weighted by Gasteiger charge is -2.07. The number of nitrogens with one attached hydrogen (secondary N) is 1. The molecule has 2 aromatic rings. The van der Waals surface area contributed by atoms with Crippen LogP contribution >= 0.6 is 0 Å². The Kier molecular flexibility index (Phi) is 4.15. The first-order valence-electron chi connectivity index (χ1n) is 6.45. The molecule has 0 saturated heterocycles. The van der Waals surface area contributed by atoms with Crippen molar-refractivity contribution >= 4 is 11.0 Å². The highest BCUT2D eigenvalue weighted by atomic mass is 15.1. The molecule has 0 aliphatic rings. The second-order valence-electron chi connectivity index (χ2n) is 4.40. The molecular weight excluding hydrogens is 210 g/mol. The largest absolute Gasteiger partial charge is 0.328 e. The normalized spacial score (nSPS) is 11.2. The minimum Gasteiger partial charge on any atom is -0.328 e. The number of imidazole rings is 1. The van der Waals surface area contributed by atoms with E-state index >= 15 is 0 Å². The van der Waals surface area contributed by atoms with Crippen molar-refractivity contribution < 1.29 is 0 Å². The van der Waals surface area contributed by atoms with Gasteiger partial charge in [0.25, 0.3) is 0 Å². The van der Waals surface area contributed by atoms with Gasteiger partial charge in [0.1, 0.15) is 5.82 Å². The molecule has 0 radical (unpaired) electrons. The number of aryl methyl sites for hydroxylation is 2. The third kappa shape index (κ3) is 2.86. The number of fused-ring (bicyclic) bond motifs is 1. The Morgan fingerprint density at radius 2 is 2.06 bits per heavy atom. The topological polar surface area (TPSA) is 29.9 Å². The number of para-hydroxylation sites is 2. The average Bonchev–Trinajstić information content (AvgIpc) is 2.65. The fraction of sp³-hybridized carbons (Fsp3) is 0.500. The number of hydrogen-bond donors (Lipinski definition) is 1. The number of aromatic nitrogens is 2. The third-order valence-electron chi connectivity index (χ3n) is 3.01. The van der Waals surface area contributed by atoms with Crippen LogP contribution in [0, 0.1) is 6.92 Å². The molecule has 0 spiro atoms. The molecule has 1 heterocycles. The van der Waals surface area contributed by atoms with E-state index in [0.29, 0.717) is 0 Å². The SMILES string of the molecule is CCCNCCCn1c(C)nc2ccccc21. The first kappa shape index (κ1) is 12.1. The summed E-state index contributed by atoms with van der Waals surface area (Å²) in [6, 6.07) is 8.35. The Morgan fingerprint density at radius 1 is 1.24 bits per heavy atom. The van der Waals surface area contributed by atoms with Gasteiger partial charge in [-0.15, -0.1) is 0 Å². The van der Waals surface area contributed by atoms with Crippen LogP contribution in [0.5, 0.6) is 0 Å². The molecule has 0 aliphatic heterocycles. The highest BCUT2D eigenvalue weighted by molar-refractivity contribution is 5.75. The first-order chi connectivity index (χ1) is 8.33. The molecular formula is C14H21N3. The summed E-state index contributed by atoms with van der Waals surface area (Å²) in [5.74, 6) is 1.11. The van der Waals surface area contributed by atoms with Gasteiger partial charge in [-0.25, -0.2) is 4.98 Å². The van der Waals surface area contributed by atoms with Crippen molar-refractivity contribution in [3.05, 3.63) is 30.1 Å². The monoisotopic (exact) mass is 231 g/mol. The lowest BCUT2D eigenvalue weighted by atomic mass is 10.3. The molecule has 0 amide bonds. The van der Waals surface area contributed by atoms with Crippen LogP contribution < -0.4 is 5.32 Å². The summed E-state index contributed by atoms with van der Waals surface area (Å²) in [4.78, 5) is 4.57. The summed E-state index contributed by atoms with van der Waals surface area (Å²) in [6.07, 6.45) is 2.36. The maximum Gasteiger partial charge on any atom is 0.106 e. The zero-order valence-electron chi connectivity index (χ0n) is 10.7. The summed E-state index contributed by atoms with van der Waals surface area (Å²) >= 11 is 0. The van der Waals surface area contributed by atoms with Crippen LogP contribution in [0.25, 0.3) is 11.0 Å². The van der Waals surface area contributed by atoms with Crippen molar-refractivity contribution in [2.45, 2.75) is 33.2 Å². The van der Waals surface area contributed by atoms with E-state index in [1.807, 2.05) is 6.07 Å². The molecule has 92 valence electrons. The molecule has 1 aromatic heterocycles. The maximum absolute atomic E-state index is 4.57. The van der Waals surface area contributed by atoms with E-state index in [2.05, 4.69) is 46.9 Å². The predicted octanol–water partition coefficient (Wildman–Crippen LogP) is 2.73. The fourth-order valence-corrected chi connectivity index (χ4v) is 2.14. The molecule has 0 atom stereocenters. The molecule has 0 unspecified atom stereocenters. The van der Waals surface area contributed by atoms with Crippen LogP contribution in [0.3, 0.4) is 0 Å². The number of rotatable bonds is 6. The van der Waals surface area contributed by atoms with Gasteiger partial charge in [-0.3, -0.25) is 0 Å². The summed E-state index contributed by atoms with van der Waals surface area (Å²) in [6.45, 7) is 7.52. The summed E-state index contributed by atoms with van der Waals surface area (Å²) in [5.41, 5.74) is 2.35. The number of benzene rings is 1.